The summed E-state index contributed by atoms with van der Waals surface area (Å²) in [6.07, 6.45) is 4.03. The monoisotopic (exact) mass is 574 g/mol. The van der Waals surface area contributed by atoms with E-state index in [-0.39, 0.29) is 35.0 Å². The SMILES string of the molecule is O=C(C=Cc1ccc(S(=O)(=O)NCc2ccco2)cc1)NNC(=O)c1cccc(S(=O)(=O)N2CCOCC2)c1. The highest BCUT2D eigenvalue weighted by Crippen LogP contribution is 2.18. The molecule has 0 atom stereocenters. The van der Waals surface area contributed by atoms with Crippen molar-refractivity contribution in [3.8, 4) is 0 Å². The third-order valence-corrected chi connectivity index (χ3v) is 8.95. The summed E-state index contributed by atoms with van der Waals surface area (Å²) >= 11 is 0. The Morgan fingerprint density at radius 3 is 2.33 bits per heavy atom. The van der Waals surface area contributed by atoms with Gasteiger partial charge in [-0.25, -0.2) is 21.6 Å². The molecule has 0 aliphatic carbocycles. The molecule has 2 amide bonds. The Morgan fingerprint density at radius 1 is 0.897 bits per heavy atom. The molecule has 1 aromatic heterocycles. The van der Waals surface area contributed by atoms with Gasteiger partial charge >= 0.3 is 0 Å². The molecule has 0 unspecified atom stereocenters. The predicted octanol–water partition coefficient (Wildman–Crippen LogP) is 1.25. The molecule has 4 rings (SSSR count). The van der Waals surface area contributed by atoms with E-state index in [1.54, 1.807) is 12.1 Å². The van der Waals surface area contributed by atoms with Crippen LogP contribution >= 0.6 is 0 Å². The first-order chi connectivity index (χ1) is 18.6. The second kappa shape index (κ2) is 12.4. The Balaban J connectivity index is 1.30. The number of carbonyl (C=O) groups excluding carboxylic acids is 2. The van der Waals surface area contributed by atoms with E-state index in [4.69, 9.17) is 9.15 Å². The molecule has 2 aromatic carbocycles. The lowest BCUT2D eigenvalue weighted by Crippen LogP contribution is -2.41. The van der Waals surface area contributed by atoms with E-state index in [1.807, 2.05) is 0 Å². The van der Waals surface area contributed by atoms with Gasteiger partial charge in [-0.1, -0.05) is 18.2 Å². The minimum absolute atomic E-state index is 0.0108. The first-order valence-electron chi connectivity index (χ1n) is 11.7. The second-order valence-electron chi connectivity index (χ2n) is 8.29. The van der Waals surface area contributed by atoms with Gasteiger partial charge in [0, 0.05) is 24.7 Å². The number of nitrogens with zero attached hydrogens (tertiary/aromatic N) is 1. The highest BCUT2D eigenvalue weighted by molar-refractivity contribution is 7.89. The van der Waals surface area contributed by atoms with Crippen molar-refractivity contribution in [2.75, 3.05) is 26.3 Å². The van der Waals surface area contributed by atoms with Gasteiger partial charge in [-0.05, 0) is 54.1 Å². The molecule has 12 nitrogen and oxygen atoms in total. The minimum atomic E-state index is -3.79. The second-order valence-corrected chi connectivity index (χ2v) is 12.0. The first-order valence-corrected chi connectivity index (χ1v) is 14.7. The van der Waals surface area contributed by atoms with Crippen molar-refractivity contribution in [3.63, 3.8) is 0 Å². The number of nitrogens with one attached hydrogen (secondary N) is 3. The number of rotatable bonds is 9. The van der Waals surface area contributed by atoms with Crippen LogP contribution in [0.2, 0.25) is 0 Å². The fourth-order valence-electron chi connectivity index (χ4n) is 3.56. The van der Waals surface area contributed by atoms with Gasteiger partial charge in [0.2, 0.25) is 20.0 Å². The summed E-state index contributed by atoms with van der Waals surface area (Å²) in [6, 6.07) is 14.6. The van der Waals surface area contributed by atoms with Crippen LogP contribution in [0, 0.1) is 0 Å². The Bertz CT molecular complexity index is 1550. The number of carbonyl (C=O) groups is 2. The zero-order valence-corrected chi connectivity index (χ0v) is 22.2. The van der Waals surface area contributed by atoms with Gasteiger partial charge < -0.3 is 9.15 Å². The molecule has 1 saturated heterocycles. The summed E-state index contributed by atoms with van der Waals surface area (Å²) < 4.78 is 64.5. The Kier molecular flexibility index (Phi) is 8.93. The van der Waals surface area contributed by atoms with Crippen LogP contribution in [0.15, 0.2) is 87.2 Å². The maximum atomic E-state index is 12.8. The lowest BCUT2D eigenvalue weighted by molar-refractivity contribution is -0.117. The van der Waals surface area contributed by atoms with Gasteiger partial charge in [0.05, 0.1) is 35.8 Å². The molecule has 14 heteroatoms. The number of sulfonamides is 2. The zero-order valence-electron chi connectivity index (χ0n) is 20.6. The quantitative estimate of drug-likeness (QED) is 0.254. The third kappa shape index (κ3) is 7.40. The molecule has 1 fully saturated rings. The van der Waals surface area contributed by atoms with Crippen molar-refractivity contribution >= 4 is 37.9 Å². The maximum absolute atomic E-state index is 12.8. The third-order valence-electron chi connectivity index (χ3n) is 5.64. The molecule has 0 radical (unpaired) electrons. The van der Waals surface area contributed by atoms with E-state index >= 15 is 0 Å². The summed E-state index contributed by atoms with van der Waals surface area (Å²) in [7, 11) is -7.54. The normalized spacial score (nSPS) is 14.8. The van der Waals surface area contributed by atoms with E-state index in [1.165, 1.54) is 65.2 Å². The van der Waals surface area contributed by atoms with E-state index < -0.39 is 31.9 Å². The molecule has 0 bridgehead atoms. The summed E-state index contributed by atoms with van der Waals surface area (Å²) in [5.41, 5.74) is 5.05. The number of ether oxygens (including phenoxy) is 1. The highest BCUT2D eigenvalue weighted by Gasteiger charge is 2.27. The van der Waals surface area contributed by atoms with Crippen LogP contribution in [-0.2, 0) is 36.1 Å². The molecular weight excluding hydrogens is 548 g/mol. The van der Waals surface area contributed by atoms with Crippen LogP contribution in [0.25, 0.3) is 6.08 Å². The van der Waals surface area contributed by atoms with Crippen molar-refractivity contribution in [1.29, 1.82) is 0 Å². The Labute approximate surface area is 225 Å². The fourth-order valence-corrected chi connectivity index (χ4v) is 6.01. The van der Waals surface area contributed by atoms with Crippen LogP contribution in [0.1, 0.15) is 21.7 Å². The standard InChI is InChI=1S/C25H26N4O8S2/c30-24(11-8-19-6-9-22(10-7-19)38(32,33)26-18-21-4-2-14-37-21)27-28-25(31)20-3-1-5-23(17-20)39(34,35)29-12-15-36-16-13-29/h1-11,14,17,26H,12-13,15-16,18H2,(H,27,30)(H,28,31). The lowest BCUT2D eigenvalue weighted by atomic mass is 10.2. The molecule has 0 saturated carbocycles. The average molecular weight is 575 g/mol. The van der Waals surface area contributed by atoms with Crippen LogP contribution in [-0.4, -0.2) is 59.3 Å². The molecule has 3 aromatic rings. The van der Waals surface area contributed by atoms with Gasteiger partial charge in [0.1, 0.15) is 5.76 Å². The number of morpholine rings is 1. The van der Waals surface area contributed by atoms with Crippen LogP contribution in [0.5, 0.6) is 0 Å². The van der Waals surface area contributed by atoms with Crippen molar-refractivity contribution in [2.45, 2.75) is 16.3 Å². The number of hydrogen-bond donors (Lipinski definition) is 3. The summed E-state index contributed by atoms with van der Waals surface area (Å²) in [5.74, 6) is -0.883. The van der Waals surface area contributed by atoms with Gasteiger partial charge in [-0.15, -0.1) is 0 Å². The van der Waals surface area contributed by atoms with E-state index in [9.17, 15) is 26.4 Å². The molecule has 3 N–H and O–H groups in total. The van der Waals surface area contributed by atoms with Gasteiger partial charge in [0.25, 0.3) is 11.8 Å². The number of furan rings is 1. The number of hydrogen-bond acceptors (Lipinski definition) is 8. The van der Waals surface area contributed by atoms with Crippen LogP contribution in [0.3, 0.4) is 0 Å². The molecule has 206 valence electrons. The van der Waals surface area contributed by atoms with Crippen molar-refractivity contribution in [2.24, 2.45) is 0 Å². The van der Waals surface area contributed by atoms with Gasteiger partial charge in [-0.3, -0.25) is 20.4 Å². The number of hydrazine groups is 1. The summed E-state index contributed by atoms with van der Waals surface area (Å²) in [5, 5.41) is 0. The van der Waals surface area contributed by atoms with Crippen molar-refractivity contribution in [1.82, 2.24) is 19.9 Å². The first kappa shape index (κ1) is 28.2. The minimum Gasteiger partial charge on any atom is -0.468 e. The topological polar surface area (TPSA) is 164 Å². The van der Waals surface area contributed by atoms with E-state index in [0.29, 0.717) is 24.5 Å². The van der Waals surface area contributed by atoms with Crippen LogP contribution in [0.4, 0.5) is 0 Å². The van der Waals surface area contributed by atoms with Gasteiger partial charge in [0.15, 0.2) is 0 Å². The van der Waals surface area contributed by atoms with E-state index in [2.05, 4.69) is 15.6 Å². The summed E-state index contributed by atoms with van der Waals surface area (Å²) in [6.45, 7) is 1.05. The Morgan fingerprint density at radius 2 is 1.64 bits per heavy atom. The van der Waals surface area contributed by atoms with Gasteiger partial charge in [-0.2, -0.15) is 4.31 Å². The fraction of sp³-hybridized carbons (Fsp3) is 0.200. The predicted molar refractivity (Wildman–Crippen MR) is 140 cm³/mol. The Hall–Kier alpha value is -3.82. The molecular formula is C25H26N4O8S2. The van der Waals surface area contributed by atoms with E-state index in [0.717, 1.165) is 6.08 Å². The molecule has 0 spiro atoms. The van der Waals surface area contributed by atoms with Crippen molar-refractivity contribution in [3.05, 3.63) is 89.9 Å². The highest BCUT2D eigenvalue weighted by atomic mass is 32.2. The number of benzene rings is 2. The largest absolute Gasteiger partial charge is 0.468 e. The average Bonchev–Trinajstić information content (AvgIpc) is 3.48. The molecule has 2 heterocycles. The van der Waals surface area contributed by atoms with Crippen molar-refractivity contribution < 1.29 is 35.6 Å². The molecule has 39 heavy (non-hydrogen) atoms. The summed E-state index contributed by atoms with van der Waals surface area (Å²) in [4.78, 5) is 24.7. The van der Waals surface area contributed by atoms with Crippen LogP contribution < -0.4 is 15.6 Å². The zero-order chi connectivity index (χ0) is 27.9. The maximum Gasteiger partial charge on any atom is 0.269 e. The molecule has 1 aliphatic heterocycles. The number of amides is 2. The lowest BCUT2D eigenvalue weighted by Gasteiger charge is -2.26. The molecule has 1 aliphatic rings. The smallest absolute Gasteiger partial charge is 0.269 e.